The lowest BCUT2D eigenvalue weighted by Crippen LogP contribution is -2.44. The largest absolute Gasteiger partial charge is 0.342 e. The number of nitrogens with zero attached hydrogens (tertiary/aromatic N) is 3. The van der Waals surface area contributed by atoms with Crippen LogP contribution in [0.5, 0.6) is 0 Å². The standard InChI is InChI=1S/C20H23N3O2S/c24-20(17-9-13-3-4-15(17)8-13)23-6-1-2-14(11-23)10-18-21-19(22-25-18)16-5-7-26-12-16/h3-5,7,12-15,17H,1-2,6,8-11H2. The molecular formula is C20H23N3O2S. The quantitative estimate of drug-likeness (QED) is 0.770. The Bertz CT molecular complexity index is 813. The predicted molar refractivity (Wildman–Crippen MR) is 99.5 cm³/mol. The topological polar surface area (TPSA) is 59.2 Å². The van der Waals surface area contributed by atoms with Crippen LogP contribution in [0, 0.1) is 23.7 Å². The van der Waals surface area contributed by atoms with Gasteiger partial charge in [0.25, 0.3) is 0 Å². The van der Waals surface area contributed by atoms with Crippen molar-refractivity contribution in [2.24, 2.45) is 23.7 Å². The van der Waals surface area contributed by atoms with E-state index in [1.54, 1.807) is 11.3 Å². The Morgan fingerprint density at radius 1 is 1.35 bits per heavy atom. The van der Waals surface area contributed by atoms with Gasteiger partial charge in [0.2, 0.25) is 17.6 Å². The molecule has 136 valence electrons. The van der Waals surface area contributed by atoms with Crippen molar-refractivity contribution in [3.63, 3.8) is 0 Å². The van der Waals surface area contributed by atoms with Gasteiger partial charge in [-0.25, -0.2) is 0 Å². The Morgan fingerprint density at radius 3 is 3.08 bits per heavy atom. The van der Waals surface area contributed by atoms with Crippen molar-refractivity contribution in [3.05, 3.63) is 34.9 Å². The van der Waals surface area contributed by atoms with Crippen molar-refractivity contribution in [1.82, 2.24) is 15.0 Å². The Morgan fingerprint density at radius 2 is 2.31 bits per heavy atom. The summed E-state index contributed by atoms with van der Waals surface area (Å²) < 4.78 is 5.46. The summed E-state index contributed by atoms with van der Waals surface area (Å²) in [5.41, 5.74) is 1.01. The first-order chi connectivity index (χ1) is 12.8. The van der Waals surface area contributed by atoms with Crippen molar-refractivity contribution >= 4 is 17.2 Å². The molecule has 5 rings (SSSR count). The number of rotatable bonds is 4. The molecule has 3 heterocycles. The molecule has 0 aromatic carbocycles. The molecule has 26 heavy (non-hydrogen) atoms. The maximum absolute atomic E-state index is 13.0. The van der Waals surface area contributed by atoms with Gasteiger partial charge in [-0.2, -0.15) is 16.3 Å². The number of carbonyl (C=O) groups excluding carboxylic acids is 1. The van der Waals surface area contributed by atoms with Crippen molar-refractivity contribution in [2.75, 3.05) is 13.1 Å². The number of likely N-dealkylation sites (tertiary alicyclic amines) is 1. The molecule has 2 aromatic heterocycles. The van der Waals surface area contributed by atoms with Gasteiger partial charge in [-0.05, 0) is 54.9 Å². The van der Waals surface area contributed by atoms with Gasteiger partial charge in [0.15, 0.2) is 0 Å². The lowest BCUT2D eigenvalue weighted by atomic mass is 9.89. The van der Waals surface area contributed by atoms with Gasteiger partial charge in [-0.3, -0.25) is 4.79 Å². The molecule has 0 radical (unpaired) electrons. The lowest BCUT2D eigenvalue weighted by molar-refractivity contribution is -0.138. The summed E-state index contributed by atoms with van der Waals surface area (Å²) >= 11 is 1.63. The minimum atomic E-state index is 0.220. The molecule has 2 aliphatic carbocycles. The van der Waals surface area contributed by atoms with Crippen LogP contribution in [-0.2, 0) is 11.2 Å². The van der Waals surface area contributed by atoms with E-state index in [0.717, 1.165) is 44.3 Å². The van der Waals surface area contributed by atoms with Gasteiger partial charge in [-0.1, -0.05) is 17.3 Å². The van der Waals surface area contributed by atoms with Crippen LogP contribution < -0.4 is 0 Å². The maximum Gasteiger partial charge on any atom is 0.227 e. The van der Waals surface area contributed by atoms with E-state index in [1.807, 2.05) is 16.8 Å². The second-order valence-electron chi connectivity index (χ2n) is 7.91. The summed E-state index contributed by atoms with van der Waals surface area (Å²) in [6.07, 6.45) is 9.75. The third-order valence-electron chi connectivity index (χ3n) is 6.14. The number of hydrogen-bond donors (Lipinski definition) is 0. The summed E-state index contributed by atoms with van der Waals surface area (Å²) in [4.78, 5) is 19.6. The minimum Gasteiger partial charge on any atom is -0.342 e. The Hall–Kier alpha value is -1.95. The fourth-order valence-corrected chi connectivity index (χ4v) is 5.46. The van der Waals surface area contributed by atoms with Gasteiger partial charge in [-0.15, -0.1) is 0 Å². The highest BCUT2D eigenvalue weighted by atomic mass is 32.1. The van der Waals surface area contributed by atoms with Crippen molar-refractivity contribution < 1.29 is 9.32 Å². The highest BCUT2D eigenvalue weighted by Crippen LogP contribution is 2.44. The zero-order valence-corrected chi connectivity index (χ0v) is 15.5. The molecule has 5 nitrogen and oxygen atoms in total. The number of piperidine rings is 1. The van der Waals surface area contributed by atoms with Crippen LogP contribution >= 0.6 is 11.3 Å². The SMILES string of the molecule is O=C(C1CC2C=CC1C2)N1CCCC(Cc2nc(-c3ccsc3)no2)C1. The zero-order valence-electron chi connectivity index (χ0n) is 14.7. The van der Waals surface area contributed by atoms with E-state index in [0.29, 0.717) is 35.4 Å². The van der Waals surface area contributed by atoms with Gasteiger partial charge < -0.3 is 9.42 Å². The molecule has 0 spiro atoms. The summed E-state index contributed by atoms with van der Waals surface area (Å²) in [6, 6.07) is 2.00. The molecule has 4 unspecified atom stereocenters. The fraction of sp³-hybridized carbons (Fsp3) is 0.550. The molecule has 6 heteroatoms. The first kappa shape index (κ1) is 16.2. The van der Waals surface area contributed by atoms with E-state index in [9.17, 15) is 4.79 Å². The molecule has 1 saturated carbocycles. The maximum atomic E-state index is 13.0. The average Bonchev–Trinajstić information content (AvgIpc) is 3.44. The molecule has 2 fully saturated rings. The molecular weight excluding hydrogens is 346 g/mol. The predicted octanol–water partition coefficient (Wildman–Crippen LogP) is 3.79. The normalized spacial score (nSPS) is 30.2. The van der Waals surface area contributed by atoms with Crippen LogP contribution in [0.15, 0.2) is 33.5 Å². The number of amides is 1. The summed E-state index contributed by atoms with van der Waals surface area (Å²) in [5, 5.41) is 8.14. The molecule has 2 bridgehead atoms. The lowest BCUT2D eigenvalue weighted by Gasteiger charge is -2.35. The number of allylic oxidation sites excluding steroid dienone is 2. The van der Waals surface area contributed by atoms with E-state index < -0.39 is 0 Å². The van der Waals surface area contributed by atoms with E-state index in [1.165, 1.54) is 6.42 Å². The molecule has 2 aromatic rings. The number of fused-ring (bicyclic) bond motifs is 2. The molecule has 4 atom stereocenters. The van der Waals surface area contributed by atoms with Crippen molar-refractivity contribution in [3.8, 4) is 11.4 Å². The number of carbonyl (C=O) groups is 1. The molecule has 1 amide bonds. The van der Waals surface area contributed by atoms with Crippen LogP contribution in [-0.4, -0.2) is 34.0 Å². The van der Waals surface area contributed by atoms with E-state index in [-0.39, 0.29) is 5.92 Å². The van der Waals surface area contributed by atoms with Crippen LogP contribution in [0.25, 0.3) is 11.4 Å². The Kier molecular flexibility index (Phi) is 4.15. The van der Waals surface area contributed by atoms with Gasteiger partial charge >= 0.3 is 0 Å². The number of aromatic nitrogens is 2. The zero-order chi connectivity index (χ0) is 17.5. The van der Waals surface area contributed by atoms with Gasteiger partial charge in [0.05, 0.1) is 0 Å². The third kappa shape index (κ3) is 3.00. The average molecular weight is 369 g/mol. The van der Waals surface area contributed by atoms with Gasteiger partial charge in [0.1, 0.15) is 0 Å². The van der Waals surface area contributed by atoms with Crippen LogP contribution in [0.4, 0.5) is 0 Å². The first-order valence-corrected chi connectivity index (χ1v) is 10.5. The number of hydrogen-bond acceptors (Lipinski definition) is 5. The van der Waals surface area contributed by atoms with Crippen molar-refractivity contribution in [2.45, 2.75) is 32.1 Å². The Balaban J connectivity index is 1.22. The van der Waals surface area contributed by atoms with Gasteiger partial charge in [0, 0.05) is 36.4 Å². The second-order valence-corrected chi connectivity index (χ2v) is 8.69. The van der Waals surface area contributed by atoms with E-state index in [2.05, 4.69) is 27.2 Å². The molecule has 0 N–H and O–H groups in total. The number of thiophene rings is 1. The second kappa shape index (κ2) is 6.65. The summed E-state index contributed by atoms with van der Waals surface area (Å²) in [7, 11) is 0. The van der Waals surface area contributed by atoms with E-state index >= 15 is 0 Å². The van der Waals surface area contributed by atoms with Crippen LogP contribution in [0.2, 0.25) is 0 Å². The highest BCUT2D eigenvalue weighted by Gasteiger charge is 2.42. The molecule has 1 saturated heterocycles. The summed E-state index contributed by atoms with van der Waals surface area (Å²) in [5.74, 6) is 3.48. The highest BCUT2D eigenvalue weighted by molar-refractivity contribution is 7.08. The smallest absolute Gasteiger partial charge is 0.227 e. The first-order valence-electron chi connectivity index (χ1n) is 9.58. The van der Waals surface area contributed by atoms with E-state index in [4.69, 9.17) is 4.52 Å². The fourth-order valence-electron chi connectivity index (χ4n) is 4.82. The molecule has 1 aliphatic heterocycles. The summed E-state index contributed by atoms with van der Waals surface area (Å²) in [6.45, 7) is 1.73. The van der Waals surface area contributed by atoms with Crippen molar-refractivity contribution in [1.29, 1.82) is 0 Å². The monoisotopic (exact) mass is 369 g/mol. The molecule has 3 aliphatic rings. The van der Waals surface area contributed by atoms with Crippen LogP contribution in [0.3, 0.4) is 0 Å². The minimum absolute atomic E-state index is 0.220. The Labute approximate surface area is 157 Å². The van der Waals surface area contributed by atoms with Crippen LogP contribution in [0.1, 0.15) is 31.6 Å². The third-order valence-corrected chi connectivity index (χ3v) is 6.82.